The third kappa shape index (κ3) is 3.19. The van der Waals surface area contributed by atoms with Gasteiger partial charge >= 0.3 is 0 Å². The van der Waals surface area contributed by atoms with Gasteiger partial charge in [-0.25, -0.2) is 0 Å². The van der Waals surface area contributed by atoms with Gasteiger partial charge in [0, 0.05) is 58.1 Å². The Labute approximate surface area is 195 Å². The molecule has 0 N–H and O–H groups in total. The number of aromatic nitrogens is 1. The highest BCUT2D eigenvalue weighted by atomic mass is 16.3. The molecule has 0 saturated carbocycles. The molecule has 4 heteroatoms. The number of rotatable bonds is 5. The van der Waals surface area contributed by atoms with Crippen LogP contribution in [0.15, 0.2) is 72.1 Å². The number of benzene rings is 2. The zero-order valence-electron chi connectivity index (χ0n) is 20.0. The summed E-state index contributed by atoms with van der Waals surface area (Å²) in [5, 5.41) is 14.3. The van der Waals surface area contributed by atoms with Crippen LogP contribution in [0.2, 0.25) is 0 Å². The van der Waals surface area contributed by atoms with Crippen LogP contribution in [0.25, 0.3) is 16.5 Å². The predicted molar refractivity (Wildman–Crippen MR) is 132 cm³/mol. The normalized spacial score (nSPS) is 18.6. The van der Waals surface area contributed by atoms with Crippen molar-refractivity contribution in [1.82, 2.24) is 4.57 Å². The van der Waals surface area contributed by atoms with Crippen molar-refractivity contribution in [3.05, 3.63) is 83.3 Å². The maximum absolute atomic E-state index is 13.3. The average Bonchev–Trinajstić information content (AvgIpc) is 3.24. The van der Waals surface area contributed by atoms with Crippen molar-refractivity contribution in [3.8, 4) is 0 Å². The first-order valence-corrected chi connectivity index (χ1v) is 11.7. The fourth-order valence-electron chi connectivity index (χ4n) is 5.21. The van der Waals surface area contributed by atoms with Crippen LogP contribution >= 0.6 is 0 Å². The number of Topliss-reactive ketones (excluding diaryl/α,β-unsaturated/α-hetero) is 1. The lowest BCUT2D eigenvalue weighted by molar-refractivity contribution is -0.401. The summed E-state index contributed by atoms with van der Waals surface area (Å²) in [5.41, 5.74) is 5.44. The highest BCUT2D eigenvalue weighted by Crippen LogP contribution is 2.42. The zero-order valence-corrected chi connectivity index (χ0v) is 20.0. The smallest absolute Gasteiger partial charge is 0.209 e. The molecule has 0 spiro atoms. The fraction of sp³-hybridized carbons (Fsp3) is 0.310. The van der Waals surface area contributed by atoms with Crippen LogP contribution in [0.1, 0.15) is 45.2 Å². The molecule has 2 aliphatic rings. The molecule has 0 amide bonds. The van der Waals surface area contributed by atoms with Gasteiger partial charge in [-0.2, -0.15) is 4.58 Å². The molecule has 1 aliphatic carbocycles. The molecule has 168 valence electrons. The van der Waals surface area contributed by atoms with Crippen molar-refractivity contribution >= 4 is 33.7 Å². The Bertz CT molecular complexity index is 1400. The van der Waals surface area contributed by atoms with E-state index in [1.807, 2.05) is 49.7 Å². The molecule has 0 radical (unpaired) electrons. The van der Waals surface area contributed by atoms with E-state index in [0.29, 0.717) is 11.5 Å². The Balaban J connectivity index is 1.58. The molecule has 2 heterocycles. The highest BCUT2D eigenvalue weighted by molar-refractivity contribution is 6.41. The number of hydrogen-bond donors (Lipinski definition) is 0. The van der Waals surface area contributed by atoms with Gasteiger partial charge in [-0.15, -0.1) is 0 Å². The number of para-hydroxylation sites is 2. The Morgan fingerprint density at radius 1 is 1.09 bits per heavy atom. The van der Waals surface area contributed by atoms with Crippen molar-refractivity contribution < 1.29 is 14.5 Å². The van der Waals surface area contributed by atoms with E-state index >= 15 is 0 Å². The molecule has 4 nitrogen and oxygen atoms in total. The molecule has 0 atom stereocenters. The first-order valence-electron chi connectivity index (χ1n) is 11.7. The van der Waals surface area contributed by atoms with Crippen molar-refractivity contribution in [2.45, 2.75) is 46.1 Å². The molecule has 1 aliphatic heterocycles. The van der Waals surface area contributed by atoms with Gasteiger partial charge < -0.3 is 9.67 Å². The van der Waals surface area contributed by atoms with E-state index < -0.39 is 0 Å². The lowest BCUT2D eigenvalue weighted by atomic mass is 9.77. The lowest BCUT2D eigenvalue weighted by Gasteiger charge is -2.30. The summed E-state index contributed by atoms with van der Waals surface area (Å²) in [6.45, 7) is 9.56. The zero-order chi connectivity index (χ0) is 23.5. The second kappa shape index (κ2) is 7.58. The molecular weight excluding hydrogens is 408 g/mol. The number of carbonyl (C=O) groups excluding carboxylic acids is 1. The van der Waals surface area contributed by atoms with E-state index in [-0.39, 0.29) is 22.5 Å². The molecule has 1 aromatic heterocycles. The minimum Gasteiger partial charge on any atom is -0.871 e. The molecule has 0 unspecified atom stereocenters. The van der Waals surface area contributed by atoms with E-state index in [2.05, 4.69) is 55.0 Å². The number of hydrogen-bond acceptors (Lipinski definition) is 2. The molecule has 0 bridgehead atoms. The van der Waals surface area contributed by atoms with E-state index in [4.69, 9.17) is 0 Å². The molecule has 2 aromatic carbocycles. The average molecular weight is 439 g/mol. The van der Waals surface area contributed by atoms with Gasteiger partial charge in [0.15, 0.2) is 11.5 Å². The van der Waals surface area contributed by atoms with Crippen LogP contribution < -0.4 is 5.11 Å². The maximum atomic E-state index is 13.3. The number of fused-ring (bicyclic) bond motifs is 2. The number of carbonyl (C=O) groups is 1. The third-order valence-corrected chi connectivity index (χ3v) is 7.17. The van der Waals surface area contributed by atoms with Crippen LogP contribution in [-0.2, 0) is 16.8 Å². The summed E-state index contributed by atoms with van der Waals surface area (Å²) < 4.78 is 4.28. The summed E-state index contributed by atoms with van der Waals surface area (Å²) in [6, 6.07) is 16.3. The topological polar surface area (TPSA) is 48.1 Å². The molecule has 3 aromatic rings. The lowest BCUT2D eigenvalue weighted by Crippen LogP contribution is -2.33. The van der Waals surface area contributed by atoms with Gasteiger partial charge in [0.05, 0.1) is 5.41 Å². The van der Waals surface area contributed by atoms with Crippen LogP contribution in [0, 0.1) is 5.92 Å². The van der Waals surface area contributed by atoms with Gasteiger partial charge in [-0.1, -0.05) is 56.0 Å². The number of allylic oxidation sites excluding steroid dienone is 3. The van der Waals surface area contributed by atoms with E-state index in [9.17, 15) is 9.90 Å². The van der Waals surface area contributed by atoms with Crippen molar-refractivity contribution in [1.29, 1.82) is 0 Å². The summed E-state index contributed by atoms with van der Waals surface area (Å²) in [5.74, 6) is 0.274. The minimum absolute atomic E-state index is 0.153. The Hall–Kier alpha value is -3.40. The third-order valence-electron chi connectivity index (χ3n) is 7.17. The van der Waals surface area contributed by atoms with Crippen LogP contribution in [0.3, 0.4) is 0 Å². The highest BCUT2D eigenvalue weighted by Gasteiger charge is 2.44. The number of nitrogens with zero attached hydrogens (tertiary/aromatic N) is 2. The predicted octanol–water partition coefficient (Wildman–Crippen LogP) is 4.97. The van der Waals surface area contributed by atoms with Gasteiger partial charge in [0.2, 0.25) is 5.69 Å². The second-order valence-electron chi connectivity index (χ2n) is 10.1. The fourth-order valence-corrected chi connectivity index (χ4v) is 5.21. The Morgan fingerprint density at radius 2 is 1.79 bits per heavy atom. The van der Waals surface area contributed by atoms with Gasteiger partial charge in [-0.05, 0) is 32.3 Å². The summed E-state index contributed by atoms with van der Waals surface area (Å²) in [6.07, 6.45) is 4.84. The molecule has 5 rings (SSSR count). The van der Waals surface area contributed by atoms with E-state index in [1.54, 1.807) is 0 Å². The van der Waals surface area contributed by atoms with Crippen molar-refractivity contribution in [2.24, 2.45) is 5.92 Å². The Kier molecular flexibility index (Phi) is 4.93. The first kappa shape index (κ1) is 21.4. The van der Waals surface area contributed by atoms with Gasteiger partial charge in [0.25, 0.3) is 0 Å². The van der Waals surface area contributed by atoms with E-state index in [0.717, 1.165) is 40.8 Å². The van der Waals surface area contributed by atoms with Gasteiger partial charge in [0.1, 0.15) is 7.05 Å². The molecule has 0 saturated heterocycles. The van der Waals surface area contributed by atoms with Gasteiger partial charge in [-0.3, -0.25) is 4.79 Å². The second-order valence-corrected chi connectivity index (χ2v) is 10.1. The monoisotopic (exact) mass is 438 g/mol. The molecule has 33 heavy (non-hydrogen) atoms. The number of ketones is 1. The summed E-state index contributed by atoms with van der Waals surface area (Å²) >= 11 is 0. The van der Waals surface area contributed by atoms with Crippen molar-refractivity contribution in [3.63, 3.8) is 0 Å². The standard InChI is InChI=1S/C29H30N2O2/c1-18(2)14-15-31-17-21(19-10-6-8-12-23(19)31)26-27(32)20(28(26)33)16-25-29(3,4)22-11-7-9-13-24(22)30(25)5/h6-13,16-18H,14-15H2,1-5H3. The number of aryl methyl sites for hydroxylation is 1. The Morgan fingerprint density at radius 3 is 2.48 bits per heavy atom. The molecular formula is C29H30N2O2. The minimum atomic E-state index is -0.276. The summed E-state index contributed by atoms with van der Waals surface area (Å²) in [7, 11) is 2.00. The maximum Gasteiger partial charge on any atom is 0.209 e. The van der Waals surface area contributed by atoms with Crippen LogP contribution in [0.4, 0.5) is 5.69 Å². The molecule has 0 fully saturated rings. The quantitative estimate of drug-likeness (QED) is 0.417. The first-order chi connectivity index (χ1) is 15.7. The van der Waals surface area contributed by atoms with Crippen LogP contribution in [-0.4, -0.2) is 27.7 Å². The van der Waals surface area contributed by atoms with Crippen molar-refractivity contribution in [2.75, 3.05) is 7.05 Å². The summed E-state index contributed by atoms with van der Waals surface area (Å²) in [4.78, 5) is 13.3. The SMILES string of the molecule is CC(C)CCn1cc(C2=C([O-])/C(=C\C3=[N+](C)c4ccccc4C3(C)C)C2=O)c2ccccc21. The van der Waals surface area contributed by atoms with E-state index in [1.165, 1.54) is 5.56 Å². The largest absolute Gasteiger partial charge is 0.871 e. The van der Waals surface area contributed by atoms with Crippen LogP contribution in [0.5, 0.6) is 0 Å².